The molecule has 0 amide bonds. The van der Waals surface area contributed by atoms with Crippen LogP contribution in [0.25, 0.3) is 10.9 Å². The first kappa shape index (κ1) is 15.3. The van der Waals surface area contributed by atoms with E-state index in [9.17, 15) is 0 Å². The first-order valence-corrected chi connectivity index (χ1v) is 7.55. The molecule has 0 radical (unpaired) electrons. The van der Waals surface area contributed by atoms with Crippen LogP contribution in [0.4, 0.5) is 0 Å². The van der Waals surface area contributed by atoms with Gasteiger partial charge in [0, 0.05) is 11.1 Å². The summed E-state index contributed by atoms with van der Waals surface area (Å²) in [6.45, 7) is 10.2. The molecule has 0 aliphatic carbocycles. The summed E-state index contributed by atoms with van der Waals surface area (Å²) >= 11 is 0. The van der Waals surface area contributed by atoms with Crippen molar-refractivity contribution in [3.63, 3.8) is 0 Å². The fourth-order valence-electron chi connectivity index (χ4n) is 2.66. The number of ether oxygens (including phenoxy) is 1. The van der Waals surface area contributed by atoms with E-state index in [1.54, 1.807) is 7.11 Å². The lowest BCUT2D eigenvalue weighted by molar-refractivity contribution is 0.00578. The molecule has 0 spiro atoms. The second-order valence-corrected chi connectivity index (χ2v) is 6.79. The lowest BCUT2D eigenvalue weighted by atomic mass is 9.76. The van der Waals surface area contributed by atoms with Crippen molar-refractivity contribution in [3.8, 4) is 5.75 Å². The van der Waals surface area contributed by atoms with Crippen molar-refractivity contribution < 1.29 is 14.0 Å². The summed E-state index contributed by atoms with van der Waals surface area (Å²) in [7, 11) is 1.17. The van der Waals surface area contributed by atoms with Crippen LogP contribution in [0.3, 0.4) is 0 Å². The smallest absolute Gasteiger partial charge is 0.497 e. The van der Waals surface area contributed by atoms with Crippen LogP contribution in [0.15, 0.2) is 24.3 Å². The van der Waals surface area contributed by atoms with E-state index in [2.05, 4.69) is 11.1 Å². The van der Waals surface area contributed by atoms with Crippen LogP contribution in [-0.2, 0) is 9.31 Å². The highest BCUT2D eigenvalue weighted by molar-refractivity contribution is 6.66. The molecule has 116 valence electrons. The maximum Gasteiger partial charge on any atom is 0.500 e. The zero-order valence-corrected chi connectivity index (χ0v) is 14.1. The van der Waals surface area contributed by atoms with Crippen molar-refractivity contribution >= 4 is 23.5 Å². The fraction of sp³-hybridized carbons (Fsp3) is 0.471. The lowest BCUT2D eigenvalue weighted by Gasteiger charge is -2.32. The van der Waals surface area contributed by atoms with Gasteiger partial charge in [0.05, 0.1) is 29.3 Å². The maximum absolute atomic E-state index is 6.20. The van der Waals surface area contributed by atoms with E-state index < -0.39 is 18.3 Å². The standard InChI is InChI=1S/C17H22BNO3/c1-11-7-8-12-9-10-13(20-6)14(15(12)19-11)18-21-16(2,3)17(4,5)22-18/h7-10H,1-6H3. The summed E-state index contributed by atoms with van der Waals surface area (Å²) < 4.78 is 17.9. The van der Waals surface area contributed by atoms with E-state index in [0.29, 0.717) is 0 Å². The number of rotatable bonds is 2. The quantitative estimate of drug-likeness (QED) is 0.800. The van der Waals surface area contributed by atoms with E-state index in [4.69, 9.17) is 14.0 Å². The molecule has 2 aromatic rings. The third-order valence-electron chi connectivity index (χ3n) is 4.71. The SMILES string of the molecule is COc1ccc2ccc(C)nc2c1B1OC(C)(C)C(C)(C)O1. The van der Waals surface area contributed by atoms with E-state index in [1.165, 1.54) is 0 Å². The Bertz CT molecular complexity index is 711. The second kappa shape index (κ2) is 4.96. The van der Waals surface area contributed by atoms with E-state index in [0.717, 1.165) is 27.8 Å². The van der Waals surface area contributed by atoms with Gasteiger partial charge in [0.2, 0.25) is 0 Å². The number of benzene rings is 1. The molecular formula is C17H22BNO3. The van der Waals surface area contributed by atoms with Gasteiger partial charge in [-0.2, -0.15) is 0 Å². The van der Waals surface area contributed by atoms with Gasteiger partial charge in [-0.15, -0.1) is 0 Å². The molecule has 0 bridgehead atoms. The summed E-state index contributed by atoms with van der Waals surface area (Å²) in [5, 5.41) is 1.05. The van der Waals surface area contributed by atoms with Gasteiger partial charge in [0.25, 0.3) is 0 Å². The van der Waals surface area contributed by atoms with Gasteiger partial charge in [0.15, 0.2) is 0 Å². The van der Waals surface area contributed by atoms with E-state index in [-0.39, 0.29) is 0 Å². The zero-order valence-electron chi connectivity index (χ0n) is 14.1. The Morgan fingerprint density at radius 3 is 2.18 bits per heavy atom. The Hall–Kier alpha value is -1.59. The highest BCUT2D eigenvalue weighted by Gasteiger charge is 2.53. The number of hydrogen-bond acceptors (Lipinski definition) is 4. The Morgan fingerprint density at radius 1 is 1.00 bits per heavy atom. The fourth-order valence-corrected chi connectivity index (χ4v) is 2.66. The van der Waals surface area contributed by atoms with Crippen LogP contribution in [0.5, 0.6) is 5.75 Å². The minimum absolute atomic E-state index is 0.394. The van der Waals surface area contributed by atoms with Crippen molar-refractivity contribution in [2.45, 2.75) is 45.8 Å². The Balaban J connectivity index is 2.20. The number of pyridine rings is 1. The molecule has 1 aliphatic rings. The summed E-state index contributed by atoms with van der Waals surface area (Å²) in [6, 6.07) is 8.02. The number of methoxy groups -OCH3 is 1. The van der Waals surface area contributed by atoms with E-state index in [1.807, 2.05) is 52.8 Å². The molecule has 22 heavy (non-hydrogen) atoms. The van der Waals surface area contributed by atoms with Crippen LogP contribution >= 0.6 is 0 Å². The molecule has 1 aromatic heterocycles. The predicted molar refractivity (Wildman–Crippen MR) is 88.7 cm³/mol. The molecule has 3 rings (SSSR count). The molecule has 5 heteroatoms. The first-order chi connectivity index (χ1) is 10.2. The van der Waals surface area contributed by atoms with Crippen LogP contribution in [0.1, 0.15) is 33.4 Å². The normalized spacial score (nSPS) is 19.6. The van der Waals surface area contributed by atoms with Gasteiger partial charge in [-0.1, -0.05) is 6.07 Å². The number of fused-ring (bicyclic) bond motifs is 1. The molecule has 4 nitrogen and oxygen atoms in total. The van der Waals surface area contributed by atoms with E-state index >= 15 is 0 Å². The largest absolute Gasteiger partial charge is 0.500 e. The van der Waals surface area contributed by atoms with Crippen LogP contribution in [0.2, 0.25) is 0 Å². The monoisotopic (exact) mass is 299 g/mol. The van der Waals surface area contributed by atoms with Crippen molar-refractivity contribution in [1.29, 1.82) is 0 Å². The van der Waals surface area contributed by atoms with Crippen LogP contribution < -0.4 is 10.2 Å². The van der Waals surface area contributed by atoms with Crippen molar-refractivity contribution in [2.75, 3.05) is 7.11 Å². The van der Waals surface area contributed by atoms with Crippen LogP contribution in [-0.4, -0.2) is 30.4 Å². The average Bonchev–Trinajstić information content (AvgIpc) is 2.65. The van der Waals surface area contributed by atoms with Gasteiger partial charge in [-0.3, -0.25) is 4.98 Å². The Labute approximate surface area is 131 Å². The molecule has 1 aromatic carbocycles. The third-order valence-corrected chi connectivity index (χ3v) is 4.71. The highest BCUT2D eigenvalue weighted by atomic mass is 16.7. The molecule has 0 atom stereocenters. The number of hydrogen-bond donors (Lipinski definition) is 0. The Morgan fingerprint density at radius 2 is 1.59 bits per heavy atom. The maximum atomic E-state index is 6.20. The average molecular weight is 299 g/mol. The van der Waals surface area contributed by atoms with Gasteiger partial charge < -0.3 is 14.0 Å². The summed E-state index contributed by atoms with van der Waals surface area (Å²) in [6.07, 6.45) is 0. The minimum atomic E-state index is -0.488. The summed E-state index contributed by atoms with van der Waals surface area (Å²) in [4.78, 5) is 4.68. The topological polar surface area (TPSA) is 40.6 Å². The number of aryl methyl sites for hydroxylation is 1. The number of nitrogens with zero attached hydrogens (tertiary/aromatic N) is 1. The molecule has 1 fully saturated rings. The molecule has 0 N–H and O–H groups in total. The second-order valence-electron chi connectivity index (χ2n) is 6.79. The molecule has 1 aliphatic heterocycles. The molecular weight excluding hydrogens is 277 g/mol. The van der Waals surface area contributed by atoms with Gasteiger partial charge in [-0.25, -0.2) is 0 Å². The number of aromatic nitrogens is 1. The first-order valence-electron chi connectivity index (χ1n) is 7.55. The summed E-state index contributed by atoms with van der Waals surface area (Å²) in [5.41, 5.74) is 1.90. The summed E-state index contributed by atoms with van der Waals surface area (Å²) in [5.74, 6) is 0.740. The van der Waals surface area contributed by atoms with Crippen molar-refractivity contribution in [2.24, 2.45) is 0 Å². The third kappa shape index (κ3) is 2.29. The van der Waals surface area contributed by atoms with Gasteiger partial charge in [-0.05, 0) is 52.8 Å². The molecule has 2 heterocycles. The Kier molecular flexibility index (Phi) is 3.46. The van der Waals surface area contributed by atoms with Gasteiger partial charge >= 0.3 is 7.12 Å². The lowest BCUT2D eigenvalue weighted by Crippen LogP contribution is -2.41. The zero-order chi connectivity index (χ0) is 16.1. The minimum Gasteiger partial charge on any atom is -0.497 e. The molecule has 1 saturated heterocycles. The van der Waals surface area contributed by atoms with Gasteiger partial charge in [0.1, 0.15) is 5.75 Å². The highest BCUT2D eigenvalue weighted by Crippen LogP contribution is 2.37. The molecule has 0 saturated carbocycles. The van der Waals surface area contributed by atoms with Crippen molar-refractivity contribution in [1.82, 2.24) is 4.98 Å². The van der Waals surface area contributed by atoms with Crippen LogP contribution in [0, 0.1) is 6.92 Å². The van der Waals surface area contributed by atoms with Crippen molar-refractivity contribution in [3.05, 3.63) is 30.0 Å². The molecule has 0 unspecified atom stereocenters. The predicted octanol–water partition coefficient (Wildman–Crippen LogP) is 2.85.